The number of aliphatic hydroxyl groups is 2. The van der Waals surface area contributed by atoms with Crippen molar-refractivity contribution in [2.45, 2.75) is 64.1 Å². The lowest BCUT2D eigenvalue weighted by Crippen LogP contribution is -2.62. The van der Waals surface area contributed by atoms with Gasteiger partial charge in [-0.25, -0.2) is 13.9 Å². The number of thioether (sulfide) groups is 1. The predicted molar refractivity (Wildman–Crippen MR) is 165 cm³/mol. The van der Waals surface area contributed by atoms with E-state index in [0.29, 0.717) is 19.3 Å². The van der Waals surface area contributed by atoms with E-state index in [1.807, 2.05) is 17.8 Å². The van der Waals surface area contributed by atoms with Crippen LogP contribution in [-0.4, -0.2) is 70.1 Å². The zero-order chi connectivity index (χ0) is 31.7. The lowest BCUT2D eigenvalue weighted by atomic mass is 9.45. The van der Waals surface area contributed by atoms with Crippen LogP contribution in [0.2, 0.25) is 0 Å². The molecule has 0 saturated heterocycles. The summed E-state index contributed by atoms with van der Waals surface area (Å²) in [6.07, 6.45) is 8.56. The molecule has 0 bridgehead atoms. The van der Waals surface area contributed by atoms with E-state index in [4.69, 9.17) is 4.74 Å². The van der Waals surface area contributed by atoms with Gasteiger partial charge in [0.1, 0.15) is 5.82 Å². The number of allylic oxidation sites excluding steroid dienone is 1. The minimum Gasteiger partial charge on any atom is -0.445 e. The molecule has 0 spiro atoms. The van der Waals surface area contributed by atoms with E-state index in [2.05, 4.69) is 28.4 Å². The highest BCUT2D eigenvalue weighted by Gasteiger charge is 2.70. The molecule has 7 atom stereocenters. The lowest BCUT2D eigenvalue weighted by molar-refractivity contribution is -0.174. The molecule has 2 N–H and O–H groups in total. The highest BCUT2D eigenvalue weighted by molar-refractivity contribution is 8.13. The maximum absolute atomic E-state index is 14.0. The molecule has 0 unspecified atom stereocenters. The second-order valence-corrected chi connectivity index (χ2v) is 14.7. The highest BCUT2D eigenvalue weighted by atomic mass is 32.2. The second-order valence-electron chi connectivity index (χ2n) is 13.6. The molecule has 3 aromatic rings. The number of halogens is 1. The van der Waals surface area contributed by atoms with Gasteiger partial charge in [-0.3, -0.25) is 9.48 Å². The molecule has 45 heavy (non-hydrogen) atoms. The first-order chi connectivity index (χ1) is 21.5. The third kappa shape index (κ3) is 4.54. The van der Waals surface area contributed by atoms with Crippen LogP contribution in [0.1, 0.15) is 67.7 Å². The van der Waals surface area contributed by atoms with Gasteiger partial charge in [0, 0.05) is 18.2 Å². The largest absolute Gasteiger partial charge is 0.445 e. The summed E-state index contributed by atoms with van der Waals surface area (Å²) in [7, 11) is 1.65. The van der Waals surface area contributed by atoms with Crippen molar-refractivity contribution in [1.82, 2.24) is 24.8 Å². The van der Waals surface area contributed by atoms with Crippen LogP contribution in [-0.2, 0) is 23.0 Å². The molecule has 1 aromatic carbocycles. The summed E-state index contributed by atoms with van der Waals surface area (Å²) in [6.45, 7) is 4.08. The second kappa shape index (κ2) is 10.9. The molecular weight excluding hydrogens is 597 g/mol. The Morgan fingerprint density at radius 3 is 2.69 bits per heavy atom. The molecular formula is C33H38FN5O5S. The first kappa shape index (κ1) is 30.3. The summed E-state index contributed by atoms with van der Waals surface area (Å²) in [5, 5.41) is 33.8. The topological polar surface area (TPSA) is 132 Å². The van der Waals surface area contributed by atoms with Gasteiger partial charge in [0.2, 0.25) is 5.12 Å². The van der Waals surface area contributed by atoms with E-state index in [9.17, 15) is 24.2 Å². The van der Waals surface area contributed by atoms with Crippen LogP contribution in [0.3, 0.4) is 0 Å². The molecule has 10 nitrogen and oxygen atoms in total. The lowest BCUT2D eigenvalue weighted by Gasteiger charge is -2.60. The standard InChI is InChI=1S/C33H38FN5O5S/c1-31-15-19-17-35-39(22-7-5-21(34)6-8-22)26(19)14-20(31)4-9-23-24-10-11-33(30(43)45-13-12-40,32(24,2)16-27(41)28(23)31)44-29(42)25-18-38(3)37-36-25/h5-8,14,17-18,23-24,27-28,40-41H,4,9-13,15-16H2,1-3H3/t23-,24-,27-,28+,31-,32-,33-/m0/s1. The Bertz CT molecular complexity index is 1690. The smallest absolute Gasteiger partial charge is 0.361 e. The Hall–Kier alpha value is -3.35. The van der Waals surface area contributed by atoms with Crippen LogP contribution in [0.5, 0.6) is 0 Å². The van der Waals surface area contributed by atoms with Crippen LogP contribution < -0.4 is 0 Å². The van der Waals surface area contributed by atoms with Crippen LogP contribution in [0.25, 0.3) is 11.8 Å². The van der Waals surface area contributed by atoms with Crippen LogP contribution >= 0.6 is 11.8 Å². The van der Waals surface area contributed by atoms with Gasteiger partial charge in [0.15, 0.2) is 11.3 Å². The van der Waals surface area contributed by atoms with Gasteiger partial charge < -0.3 is 14.9 Å². The van der Waals surface area contributed by atoms with E-state index in [0.717, 1.165) is 48.0 Å². The predicted octanol–water partition coefficient (Wildman–Crippen LogP) is 4.14. The zero-order valence-electron chi connectivity index (χ0n) is 25.6. The molecule has 0 radical (unpaired) electrons. The number of hydrogen-bond acceptors (Lipinski definition) is 9. The monoisotopic (exact) mass is 635 g/mol. The maximum Gasteiger partial charge on any atom is 0.361 e. The molecule has 3 saturated carbocycles. The van der Waals surface area contributed by atoms with Crippen molar-refractivity contribution in [2.24, 2.45) is 35.6 Å². The van der Waals surface area contributed by atoms with E-state index < -0.39 is 23.1 Å². The van der Waals surface area contributed by atoms with Gasteiger partial charge in [-0.2, -0.15) is 5.10 Å². The number of fused-ring (bicyclic) bond motifs is 6. The number of aliphatic hydroxyl groups excluding tert-OH is 2. The number of hydrogen-bond donors (Lipinski definition) is 2. The molecule has 4 aliphatic rings. The fourth-order valence-corrected chi connectivity index (χ4v) is 10.3. The maximum atomic E-state index is 14.0. The van der Waals surface area contributed by atoms with Crippen molar-refractivity contribution in [3.05, 3.63) is 65.0 Å². The Morgan fingerprint density at radius 1 is 1.20 bits per heavy atom. The molecule has 2 heterocycles. The summed E-state index contributed by atoms with van der Waals surface area (Å²) in [6, 6.07) is 6.31. The number of ether oxygens (including phenoxy) is 1. The Kier molecular flexibility index (Phi) is 7.33. The van der Waals surface area contributed by atoms with Crippen LogP contribution in [0, 0.1) is 34.4 Å². The minimum atomic E-state index is -1.47. The summed E-state index contributed by atoms with van der Waals surface area (Å²) in [5.74, 6) is -0.708. The van der Waals surface area contributed by atoms with Crippen molar-refractivity contribution in [1.29, 1.82) is 0 Å². The van der Waals surface area contributed by atoms with Gasteiger partial charge in [0.25, 0.3) is 0 Å². The van der Waals surface area contributed by atoms with E-state index in [-0.39, 0.29) is 52.2 Å². The summed E-state index contributed by atoms with van der Waals surface area (Å²) < 4.78 is 23.1. The van der Waals surface area contributed by atoms with Crippen molar-refractivity contribution in [2.75, 3.05) is 12.4 Å². The van der Waals surface area contributed by atoms with E-state index in [1.54, 1.807) is 19.2 Å². The molecule has 12 heteroatoms. The van der Waals surface area contributed by atoms with E-state index in [1.165, 1.54) is 28.6 Å². The van der Waals surface area contributed by atoms with Gasteiger partial charge in [0.05, 0.1) is 36.5 Å². The Morgan fingerprint density at radius 2 is 1.98 bits per heavy atom. The third-order valence-electron chi connectivity index (χ3n) is 11.3. The van der Waals surface area contributed by atoms with Gasteiger partial charge >= 0.3 is 5.97 Å². The molecule has 2 aromatic heterocycles. The first-order valence-electron chi connectivity index (χ1n) is 15.6. The average Bonchev–Trinajstić information content (AvgIpc) is 3.70. The van der Waals surface area contributed by atoms with Crippen molar-refractivity contribution >= 4 is 28.9 Å². The average molecular weight is 636 g/mol. The normalized spacial score (nSPS) is 33.4. The fraction of sp³-hybridized carbons (Fsp3) is 0.545. The number of aromatic nitrogens is 5. The molecule has 0 aliphatic heterocycles. The third-order valence-corrected chi connectivity index (χ3v) is 12.3. The number of rotatable bonds is 6. The van der Waals surface area contributed by atoms with Crippen molar-refractivity contribution in [3.63, 3.8) is 0 Å². The summed E-state index contributed by atoms with van der Waals surface area (Å²) in [4.78, 5) is 27.4. The first-order valence-corrected chi connectivity index (χ1v) is 16.6. The number of carbonyl (C=O) groups is 2. The molecule has 4 aliphatic carbocycles. The number of nitrogens with zero attached hydrogens (tertiary/aromatic N) is 5. The molecule has 0 amide bonds. The van der Waals surface area contributed by atoms with Gasteiger partial charge in [-0.05, 0) is 97.6 Å². The number of aryl methyl sites for hydroxylation is 1. The Labute approximate surface area is 265 Å². The van der Waals surface area contributed by atoms with Crippen molar-refractivity contribution < 1.29 is 28.9 Å². The molecule has 7 rings (SSSR count). The minimum absolute atomic E-state index is 0.0252. The number of benzene rings is 1. The van der Waals surface area contributed by atoms with Crippen molar-refractivity contribution in [3.8, 4) is 5.69 Å². The van der Waals surface area contributed by atoms with Gasteiger partial charge in [-0.1, -0.05) is 36.4 Å². The molecule has 3 fully saturated rings. The number of esters is 1. The summed E-state index contributed by atoms with van der Waals surface area (Å²) in [5.41, 5.74) is 1.58. The highest BCUT2D eigenvalue weighted by Crippen LogP contribution is 2.69. The van der Waals surface area contributed by atoms with Crippen LogP contribution in [0.4, 0.5) is 4.39 Å². The Balaban J connectivity index is 1.22. The SMILES string of the molecule is Cn1cc(C(=O)O[C@]2(C(=O)SCCO)CC[C@H]3[C@@H]4CCC5=Cc6c(cnn6-c6ccc(F)cc6)C[C@]5(C)[C@H]4[C@@H](O)C[C@@]32C)nn1. The van der Waals surface area contributed by atoms with Gasteiger partial charge in [-0.15, -0.1) is 5.10 Å². The fourth-order valence-electron chi connectivity index (χ4n) is 9.41. The van der Waals surface area contributed by atoms with Crippen LogP contribution in [0.15, 0.2) is 42.2 Å². The van der Waals surface area contributed by atoms with E-state index >= 15 is 0 Å². The number of carbonyl (C=O) groups excluding carboxylic acids is 2. The summed E-state index contributed by atoms with van der Waals surface area (Å²) >= 11 is 0.983. The quantitative estimate of drug-likeness (QED) is 0.384. The zero-order valence-corrected chi connectivity index (χ0v) is 26.5. The molecule has 238 valence electrons.